The number of benzene rings is 1. The summed E-state index contributed by atoms with van der Waals surface area (Å²) in [6.07, 6.45) is 1.84. The molecule has 0 fully saturated rings. The zero-order chi connectivity index (χ0) is 8.10. The van der Waals surface area contributed by atoms with Crippen molar-refractivity contribution < 1.29 is 4.79 Å². The van der Waals surface area contributed by atoms with Gasteiger partial charge in [-0.1, -0.05) is 30.3 Å². The molecule has 0 N–H and O–H groups in total. The summed E-state index contributed by atoms with van der Waals surface area (Å²) in [6.45, 7) is 0. The average Bonchev–Trinajstić information content (AvgIpc) is 2.06. The van der Waals surface area contributed by atoms with E-state index in [-0.39, 0.29) is 5.82 Å². The zero-order valence-corrected chi connectivity index (χ0v) is 6.66. The van der Waals surface area contributed by atoms with E-state index in [0.717, 1.165) is 12.7 Å². The Bertz CT molecular complexity index is 220. The van der Waals surface area contributed by atoms with Crippen LogP contribution < -0.4 is 0 Å². The molecule has 0 aromatic heterocycles. The molecule has 1 aromatic carbocycles. The van der Waals surface area contributed by atoms with Crippen molar-refractivity contribution in [1.82, 2.24) is 0 Å². The Morgan fingerprint density at radius 2 is 2.00 bits per heavy atom. The third-order valence-electron chi connectivity index (χ3n) is 1.63. The van der Waals surface area contributed by atoms with Crippen LogP contribution in [0.15, 0.2) is 30.3 Å². The predicted octanol–water partition coefficient (Wildman–Crippen LogP) is 0.850. The minimum absolute atomic E-state index is 0.136. The lowest BCUT2D eigenvalue weighted by Gasteiger charge is -2.01. The Kier molecular flexibility index (Phi) is 2.90. The zero-order valence-electron chi connectivity index (χ0n) is 6.66. The molecule has 1 rings (SSSR count). The van der Waals surface area contributed by atoms with Crippen LogP contribution in [0.4, 0.5) is 0 Å². The monoisotopic (exact) mass is 146 g/mol. The largest absolute Gasteiger partial charge is 0.304 e. The average molecular weight is 146 g/mol. The smallest absolute Gasteiger partial charge is 0.115 e. The lowest BCUT2D eigenvalue weighted by atomic mass is 9.83. The third kappa shape index (κ3) is 2.58. The first-order valence-corrected chi connectivity index (χ1v) is 3.82. The molecular formula is C9H11BO. The van der Waals surface area contributed by atoms with Crippen LogP contribution in [0.2, 0.25) is 5.82 Å². The van der Waals surface area contributed by atoms with Gasteiger partial charge in [0.2, 0.25) is 0 Å². The highest BCUT2D eigenvalue weighted by Crippen LogP contribution is 2.07. The molecule has 0 aliphatic carbocycles. The number of carbonyl (C=O) groups excluding carboxylic acids is 1. The number of hydrogen-bond donors (Lipinski definition) is 0. The Labute approximate surface area is 67.8 Å². The van der Waals surface area contributed by atoms with Crippen molar-refractivity contribution >= 4 is 14.1 Å². The van der Waals surface area contributed by atoms with E-state index in [1.54, 1.807) is 0 Å². The van der Waals surface area contributed by atoms with Crippen molar-refractivity contribution in [2.75, 3.05) is 0 Å². The van der Waals surface area contributed by atoms with Gasteiger partial charge in [0.15, 0.2) is 0 Å². The summed E-state index contributed by atoms with van der Waals surface area (Å²) in [7, 11) is 1.93. The van der Waals surface area contributed by atoms with Gasteiger partial charge in [-0.15, -0.1) is 0 Å². The first kappa shape index (κ1) is 8.06. The number of aldehydes is 1. The predicted molar refractivity (Wildman–Crippen MR) is 48.5 cm³/mol. The molecule has 0 aliphatic rings. The van der Waals surface area contributed by atoms with Crippen molar-refractivity contribution in [3.05, 3.63) is 35.9 Å². The van der Waals surface area contributed by atoms with Gasteiger partial charge >= 0.3 is 0 Å². The second kappa shape index (κ2) is 3.96. The van der Waals surface area contributed by atoms with Crippen LogP contribution in [0.1, 0.15) is 5.56 Å². The van der Waals surface area contributed by atoms with E-state index in [1.165, 1.54) is 5.56 Å². The third-order valence-corrected chi connectivity index (χ3v) is 1.63. The van der Waals surface area contributed by atoms with Crippen molar-refractivity contribution in [2.45, 2.75) is 12.2 Å². The Hall–Kier alpha value is -1.05. The van der Waals surface area contributed by atoms with Crippen LogP contribution in [0.5, 0.6) is 0 Å². The summed E-state index contributed by atoms with van der Waals surface area (Å²) >= 11 is 0. The molecule has 0 radical (unpaired) electrons. The normalized spacial score (nSPS) is 12.4. The second-order valence-electron chi connectivity index (χ2n) is 2.80. The number of rotatable bonds is 3. The van der Waals surface area contributed by atoms with Crippen LogP contribution in [-0.2, 0) is 11.2 Å². The fourth-order valence-corrected chi connectivity index (χ4v) is 1.03. The van der Waals surface area contributed by atoms with Crippen molar-refractivity contribution in [3.63, 3.8) is 0 Å². The van der Waals surface area contributed by atoms with E-state index in [1.807, 2.05) is 38.2 Å². The molecule has 56 valence electrons. The molecular weight excluding hydrogens is 135 g/mol. The van der Waals surface area contributed by atoms with Gasteiger partial charge in [0.05, 0.1) is 0 Å². The molecule has 0 bridgehead atoms. The second-order valence-corrected chi connectivity index (χ2v) is 2.80. The SMILES string of the molecule is BC(C=O)Cc1ccccc1. The van der Waals surface area contributed by atoms with Crippen molar-refractivity contribution in [1.29, 1.82) is 0 Å². The quantitative estimate of drug-likeness (QED) is 0.456. The molecule has 1 aromatic rings. The van der Waals surface area contributed by atoms with Crippen LogP contribution in [0.3, 0.4) is 0 Å². The highest BCUT2D eigenvalue weighted by atomic mass is 16.1. The standard InChI is InChI=1S/C9H11BO/c10-9(7-11)6-8-4-2-1-3-5-8/h1-5,7,9H,6,10H2. The lowest BCUT2D eigenvalue weighted by molar-refractivity contribution is -0.107. The Morgan fingerprint density at radius 1 is 1.36 bits per heavy atom. The van der Waals surface area contributed by atoms with Crippen LogP contribution in [-0.4, -0.2) is 14.1 Å². The van der Waals surface area contributed by atoms with Gasteiger partial charge in [-0.3, -0.25) is 0 Å². The number of hydrogen-bond acceptors (Lipinski definition) is 1. The maximum absolute atomic E-state index is 10.3. The minimum Gasteiger partial charge on any atom is -0.304 e. The minimum atomic E-state index is 0.136. The van der Waals surface area contributed by atoms with Gasteiger partial charge in [-0.25, -0.2) is 0 Å². The summed E-state index contributed by atoms with van der Waals surface area (Å²) in [5.74, 6) is 0.136. The highest BCUT2D eigenvalue weighted by molar-refractivity contribution is 6.19. The molecule has 1 nitrogen and oxygen atoms in total. The molecule has 0 amide bonds. The molecule has 2 heteroatoms. The molecule has 0 saturated carbocycles. The van der Waals surface area contributed by atoms with Gasteiger partial charge in [0.1, 0.15) is 14.1 Å². The summed E-state index contributed by atoms with van der Waals surface area (Å²) in [4.78, 5) is 10.3. The summed E-state index contributed by atoms with van der Waals surface area (Å²) < 4.78 is 0. The van der Waals surface area contributed by atoms with E-state index in [4.69, 9.17) is 0 Å². The van der Waals surface area contributed by atoms with Gasteiger partial charge in [-0.2, -0.15) is 0 Å². The Morgan fingerprint density at radius 3 is 2.55 bits per heavy atom. The molecule has 1 atom stereocenters. The van der Waals surface area contributed by atoms with E-state index in [2.05, 4.69) is 0 Å². The highest BCUT2D eigenvalue weighted by Gasteiger charge is 1.99. The molecule has 0 saturated heterocycles. The van der Waals surface area contributed by atoms with Crippen LogP contribution in [0.25, 0.3) is 0 Å². The molecule has 11 heavy (non-hydrogen) atoms. The lowest BCUT2D eigenvalue weighted by Crippen LogP contribution is -1.97. The fraction of sp³-hybridized carbons (Fsp3) is 0.222. The summed E-state index contributed by atoms with van der Waals surface area (Å²) in [5, 5.41) is 0. The Balaban J connectivity index is 2.57. The molecule has 1 unspecified atom stereocenters. The van der Waals surface area contributed by atoms with E-state index in [0.29, 0.717) is 0 Å². The first-order valence-electron chi connectivity index (χ1n) is 3.82. The molecule has 0 heterocycles. The summed E-state index contributed by atoms with van der Waals surface area (Å²) in [5.41, 5.74) is 1.23. The maximum atomic E-state index is 10.3. The van der Waals surface area contributed by atoms with Crippen molar-refractivity contribution in [3.8, 4) is 0 Å². The van der Waals surface area contributed by atoms with E-state index in [9.17, 15) is 4.79 Å². The van der Waals surface area contributed by atoms with Gasteiger partial charge in [0.25, 0.3) is 0 Å². The molecule has 0 aliphatic heterocycles. The van der Waals surface area contributed by atoms with E-state index < -0.39 is 0 Å². The van der Waals surface area contributed by atoms with Crippen molar-refractivity contribution in [2.24, 2.45) is 0 Å². The van der Waals surface area contributed by atoms with E-state index >= 15 is 0 Å². The molecule has 0 spiro atoms. The summed E-state index contributed by atoms with van der Waals surface area (Å²) in [6, 6.07) is 10.1. The van der Waals surface area contributed by atoms with Crippen LogP contribution >= 0.6 is 0 Å². The fourth-order valence-electron chi connectivity index (χ4n) is 1.03. The number of carbonyl (C=O) groups is 1. The maximum Gasteiger partial charge on any atom is 0.115 e. The topological polar surface area (TPSA) is 17.1 Å². The van der Waals surface area contributed by atoms with Crippen LogP contribution in [0, 0.1) is 0 Å². The van der Waals surface area contributed by atoms with Gasteiger partial charge in [-0.05, 0) is 17.8 Å². The first-order chi connectivity index (χ1) is 5.33. The van der Waals surface area contributed by atoms with Gasteiger partial charge < -0.3 is 4.79 Å². The van der Waals surface area contributed by atoms with Gasteiger partial charge in [0, 0.05) is 0 Å².